The number of halogens is 1. The molecule has 26 heavy (non-hydrogen) atoms. The molecule has 5 nitrogen and oxygen atoms in total. The number of rotatable bonds is 4. The van der Waals surface area contributed by atoms with Crippen molar-refractivity contribution < 1.29 is 9.59 Å². The Hall–Kier alpha value is -2.31. The van der Waals surface area contributed by atoms with Crippen LogP contribution < -0.4 is 11.1 Å². The van der Waals surface area contributed by atoms with Crippen molar-refractivity contribution in [1.82, 2.24) is 4.57 Å². The minimum absolute atomic E-state index is 0.159. The summed E-state index contributed by atoms with van der Waals surface area (Å²) in [4.78, 5) is 25.7. The first-order chi connectivity index (χ1) is 12.5. The van der Waals surface area contributed by atoms with Crippen LogP contribution in [0.3, 0.4) is 0 Å². The lowest BCUT2D eigenvalue weighted by atomic mass is 9.95. The Labute approximate surface area is 159 Å². The number of carbonyl (C=O) groups excluding carboxylic acids is 2. The lowest BCUT2D eigenvalue weighted by Crippen LogP contribution is -2.21. The van der Waals surface area contributed by atoms with Gasteiger partial charge in [-0.2, -0.15) is 0 Å². The summed E-state index contributed by atoms with van der Waals surface area (Å²) in [5.74, 6) is -0.653. The molecule has 3 N–H and O–H groups in total. The highest BCUT2D eigenvalue weighted by Crippen LogP contribution is 2.37. The van der Waals surface area contributed by atoms with Crippen LogP contribution in [-0.4, -0.2) is 16.4 Å². The number of aryl methyl sites for hydroxylation is 1. The summed E-state index contributed by atoms with van der Waals surface area (Å²) in [6, 6.07) is 7.48. The van der Waals surface area contributed by atoms with Crippen molar-refractivity contribution in [1.29, 1.82) is 0 Å². The van der Waals surface area contributed by atoms with E-state index in [0.29, 0.717) is 15.6 Å². The van der Waals surface area contributed by atoms with E-state index in [1.54, 1.807) is 6.07 Å². The predicted molar refractivity (Wildman–Crippen MR) is 105 cm³/mol. The van der Waals surface area contributed by atoms with E-state index >= 15 is 0 Å². The zero-order valence-corrected chi connectivity index (χ0v) is 15.6. The molecule has 3 aromatic rings. The van der Waals surface area contributed by atoms with Gasteiger partial charge in [0, 0.05) is 27.0 Å². The summed E-state index contributed by atoms with van der Waals surface area (Å²) in [6.45, 7) is 0.159. The third-order valence-electron chi connectivity index (χ3n) is 4.72. The summed E-state index contributed by atoms with van der Waals surface area (Å²) in [5.41, 5.74) is 8.02. The van der Waals surface area contributed by atoms with Crippen LogP contribution in [0, 0.1) is 0 Å². The molecule has 1 aliphatic rings. The monoisotopic (exact) mass is 387 g/mol. The van der Waals surface area contributed by atoms with Crippen molar-refractivity contribution in [3.8, 4) is 0 Å². The van der Waals surface area contributed by atoms with Gasteiger partial charge in [-0.15, -0.1) is 11.3 Å². The Morgan fingerprint density at radius 1 is 1.23 bits per heavy atom. The number of nitrogens with zero attached hydrogens (tertiary/aromatic N) is 1. The number of fused-ring (bicyclic) bond motifs is 2. The Bertz CT molecular complexity index is 1020. The molecule has 134 valence electrons. The van der Waals surface area contributed by atoms with E-state index in [1.165, 1.54) is 16.2 Å². The van der Waals surface area contributed by atoms with Crippen LogP contribution in [0.2, 0.25) is 5.02 Å². The Morgan fingerprint density at radius 3 is 2.85 bits per heavy atom. The third-order valence-corrected chi connectivity index (χ3v) is 6.16. The maximum Gasteiger partial charge on any atom is 0.251 e. The number of thiophene rings is 1. The lowest BCUT2D eigenvalue weighted by molar-refractivity contribution is -0.116. The van der Waals surface area contributed by atoms with E-state index in [2.05, 4.69) is 5.32 Å². The zero-order valence-electron chi connectivity index (χ0n) is 14.0. The van der Waals surface area contributed by atoms with E-state index in [-0.39, 0.29) is 12.5 Å². The molecule has 2 amide bonds. The second kappa shape index (κ2) is 6.78. The predicted octanol–water partition coefficient (Wildman–Crippen LogP) is 3.97. The van der Waals surface area contributed by atoms with Crippen LogP contribution in [0.5, 0.6) is 0 Å². The Kier molecular flexibility index (Phi) is 4.46. The second-order valence-electron chi connectivity index (χ2n) is 6.47. The molecule has 0 atom stereocenters. The number of aromatic nitrogens is 1. The van der Waals surface area contributed by atoms with Crippen LogP contribution >= 0.6 is 22.9 Å². The average molecular weight is 388 g/mol. The van der Waals surface area contributed by atoms with Crippen LogP contribution in [0.15, 0.2) is 30.5 Å². The van der Waals surface area contributed by atoms with E-state index in [9.17, 15) is 9.59 Å². The zero-order chi connectivity index (χ0) is 18.3. The lowest BCUT2D eigenvalue weighted by Gasteiger charge is -2.11. The second-order valence-corrected chi connectivity index (χ2v) is 8.02. The highest BCUT2D eigenvalue weighted by Gasteiger charge is 2.25. The molecule has 0 saturated heterocycles. The molecule has 0 fully saturated rings. The minimum Gasteiger partial charge on any atom is -0.365 e. The first kappa shape index (κ1) is 17.1. The molecule has 7 heteroatoms. The highest BCUT2D eigenvalue weighted by molar-refractivity contribution is 7.17. The van der Waals surface area contributed by atoms with Crippen LogP contribution in [-0.2, 0) is 24.2 Å². The van der Waals surface area contributed by atoms with Crippen molar-refractivity contribution >= 4 is 50.7 Å². The number of hydrogen-bond donors (Lipinski definition) is 2. The van der Waals surface area contributed by atoms with Gasteiger partial charge in [-0.25, -0.2) is 0 Å². The normalized spacial score (nSPS) is 13.6. The molecule has 0 saturated carbocycles. The third kappa shape index (κ3) is 3.10. The number of nitrogens with two attached hydrogens (primary N) is 1. The van der Waals surface area contributed by atoms with Crippen molar-refractivity contribution in [2.24, 2.45) is 5.73 Å². The summed E-state index contributed by atoms with van der Waals surface area (Å²) in [5, 5.41) is 5.12. The van der Waals surface area contributed by atoms with Gasteiger partial charge in [0.25, 0.3) is 5.91 Å². The van der Waals surface area contributed by atoms with Gasteiger partial charge in [0.05, 0.1) is 5.56 Å². The van der Waals surface area contributed by atoms with Crippen LogP contribution in [0.25, 0.3) is 10.9 Å². The van der Waals surface area contributed by atoms with Gasteiger partial charge < -0.3 is 15.6 Å². The van der Waals surface area contributed by atoms with Crippen molar-refractivity contribution in [2.75, 3.05) is 5.32 Å². The topological polar surface area (TPSA) is 77.1 Å². The Balaban J connectivity index is 1.58. The van der Waals surface area contributed by atoms with Gasteiger partial charge >= 0.3 is 0 Å². The average Bonchev–Trinajstić information content (AvgIpc) is 3.15. The maximum absolute atomic E-state index is 12.6. The van der Waals surface area contributed by atoms with Crippen molar-refractivity contribution in [3.63, 3.8) is 0 Å². The SMILES string of the molecule is NC(=O)c1c(NC(=O)Cn2ccc3cc(Cl)ccc32)sc2c1CCCC2. The molecule has 2 aromatic heterocycles. The molecule has 0 radical (unpaired) electrons. The summed E-state index contributed by atoms with van der Waals surface area (Å²) in [7, 11) is 0. The first-order valence-corrected chi connectivity index (χ1v) is 9.71. The highest BCUT2D eigenvalue weighted by atomic mass is 35.5. The number of carbonyl (C=O) groups is 2. The molecule has 2 heterocycles. The standard InChI is InChI=1S/C19H18ClN3O2S/c20-12-5-6-14-11(9-12)7-8-23(14)10-16(24)22-19-17(18(21)25)13-3-1-2-4-15(13)26-19/h5-9H,1-4,10H2,(H2,21,25)(H,22,24). The van der Waals surface area contributed by atoms with Gasteiger partial charge in [-0.1, -0.05) is 11.6 Å². The van der Waals surface area contributed by atoms with Gasteiger partial charge in [-0.3, -0.25) is 9.59 Å². The fourth-order valence-electron chi connectivity index (χ4n) is 3.54. The van der Waals surface area contributed by atoms with E-state index in [1.807, 2.05) is 29.0 Å². The maximum atomic E-state index is 12.6. The molecule has 0 aliphatic heterocycles. The van der Waals surface area contributed by atoms with Gasteiger partial charge in [0.1, 0.15) is 11.5 Å². The first-order valence-electron chi connectivity index (χ1n) is 8.51. The molecule has 0 unspecified atom stereocenters. The van der Waals surface area contributed by atoms with E-state index < -0.39 is 5.91 Å². The number of hydrogen-bond acceptors (Lipinski definition) is 3. The van der Waals surface area contributed by atoms with Gasteiger partial charge in [-0.05, 0) is 55.5 Å². The summed E-state index contributed by atoms with van der Waals surface area (Å²) >= 11 is 7.48. The Morgan fingerprint density at radius 2 is 2.04 bits per heavy atom. The van der Waals surface area contributed by atoms with Gasteiger partial charge in [0.15, 0.2) is 0 Å². The number of benzene rings is 1. The fraction of sp³-hybridized carbons (Fsp3) is 0.263. The smallest absolute Gasteiger partial charge is 0.251 e. The fourth-order valence-corrected chi connectivity index (χ4v) is 5.04. The van der Waals surface area contributed by atoms with Crippen LogP contribution in [0.1, 0.15) is 33.6 Å². The number of amides is 2. The molecular weight excluding hydrogens is 370 g/mol. The molecule has 1 aromatic carbocycles. The number of primary amides is 1. The van der Waals surface area contributed by atoms with Crippen molar-refractivity contribution in [3.05, 3.63) is 51.5 Å². The van der Waals surface area contributed by atoms with Crippen molar-refractivity contribution in [2.45, 2.75) is 32.2 Å². The van der Waals surface area contributed by atoms with E-state index in [4.69, 9.17) is 17.3 Å². The van der Waals surface area contributed by atoms with E-state index in [0.717, 1.165) is 42.1 Å². The summed E-state index contributed by atoms with van der Waals surface area (Å²) < 4.78 is 1.86. The molecule has 1 aliphatic carbocycles. The molecule has 0 spiro atoms. The minimum atomic E-state index is -0.472. The van der Waals surface area contributed by atoms with Gasteiger partial charge in [0.2, 0.25) is 5.91 Å². The number of nitrogens with one attached hydrogen (secondary N) is 1. The molecule has 0 bridgehead atoms. The van der Waals surface area contributed by atoms with Crippen LogP contribution in [0.4, 0.5) is 5.00 Å². The quantitative estimate of drug-likeness (QED) is 0.710. The summed E-state index contributed by atoms with van der Waals surface area (Å²) in [6.07, 6.45) is 5.81. The number of anilines is 1. The molecular formula is C19H18ClN3O2S. The largest absolute Gasteiger partial charge is 0.365 e. The molecule has 4 rings (SSSR count).